The molecule has 2 N–H and O–H groups in total. The van der Waals surface area contributed by atoms with Crippen molar-refractivity contribution in [1.82, 2.24) is 10.9 Å². The largest absolute Gasteiger partial charge is 0.380 e. The second-order valence-electron chi connectivity index (χ2n) is 4.55. The van der Waals surface area contributed by atoms with E-state index < -0.39 is 0 Å². The first kappa shape index (κ1) is 16.2. The van der Waals surface area contributed by atoms with Gasteiger partial charge in [0.1, 0.15) is 0 Å². The summed E-state index contributed by atoms with van der Waals surface area (Å²) < 4.78 is 5.88. The van der Waals surface area contributed by atoms with E-state index in [0.29, 0.717) is 17.7 Å². The van der Waals surface area contributed by atoms with Crippen LogP contribution < -0.4 is 10.9 Å². The first-order chi connectivity index (χ1) is 10.6. The van der Waals surface area contributed by atoms with Gasteiger partial charge in [-0.25, -0.2) is 0 Å². The van der Waals surface area contributed by atoms with E-state index in [4.69, 9.17) is 4.74 Å². The van der Waals surface area contributed by atoms with Crippen molar-refractivity contribution < 1.29 is 14.3 Å². The predicted octanol–water partition coefficient (Wildman–Crippen LogP) is 2.67. The van der Waals surface area contributed by atoms with Crippen LogP contribution in [0.1, 0.15) is 26.3 Å². The van der Waals surface area contributed by atoms with Gasteiger partial charge in [0.15, 0.2) is 0 Å². The molecule has 0 heterocycles. The molecule has 0 spiro atoms. The van der Waals surface area contributed by atoms with Gasteiger partial charge in [-0.3, -0.25) is 20.4 Å². The summed E-state index contributed by atoms with van der Waals surface area (Å²) in [6.45, 7) is 0.488. The van der Waals surface area contributed by atoms with E-state index in [9.17, 15) is 9.59 Å². The number of nitrogens with one attached hydrogen (secondary N) is 2. The fraction of sp³-hybridized carbons (Fsp3) is 0.125. The number of benzene rings is 2. The molecule has 0 unspecified atom stereocenters. The topological polar surface area (TPSA) is 67.4 Å². The molecule has 0 saturated carbocycles. The van der Waals surface area contributed by atoms with E-state index in [2.05, 4.69) is 26.8 Å². The molecule has 2 rings (SSSR count). The highest BCUT2D eigenvalue weighted by Crippen LogP contribution is 2.10. The first-order valence-corrected chi connectivity index (χ1v) is 7.33. The second kappa shape index (κ2) is 7.72. The molecule has 2 amide bonds. The molecular weight excluding hydrogens is 348 g/mol. The van der Waals surface area contributed by atoms with Crippen LogP contribution in [0.2, 0.25) is 0 Å². The normalized spacial score (nSPS) is 10.1. The second-order valence-corrected chi connectivity index (χ2v) is 5.46. The number of hydrogen-bond acceptors (Lipinski definition) is 3. The summed E-state index contributed by atoms with van der Waals surface area (Å²) in [5.41, 5.74) is 6.64. The molecular formula is C16H15BrN2O3. The lowest BCUT2D eigenvalue weighted by Crippen LogP contribution is -2.41. The number of hydrogen-bond donors (Lipinski definition) is 2. The molecule has 0 bridgehead atoms. The van der Waals surface area contributed by atoms with Gasteiger partial charge in [-0.15, -0.1) is 0 Å². The molecule has 6 heteroatoms. The number of rotatable bonds is 4. The molecule has 0 fully saturated rings. The van der Waals surface area contributed by atoms with Crippen LogP contribution >= 0.6 is 15.9 Å². The number of halogens is 1. The van der Waals surface area contributed by atoms with E-state index in [1.165, 1.54) is 0 Å². The van der Waals surface area contributed by atoms with Gasteiger partial charge in [0.05, 0.1) is 6.61 Å². The SMILES string of the molecule is COCc1ccc(C(=O)NNC(=O)c2ccc(Br)cc2)cc1. The Morgan fingerprint density at radius 3 is 1.82 bits per heavy atom. The van der Waals surface area contributed by atoms with Gasteiger partial charge in [-0.2, -0.15) is 0 Å². The third-order valence-corrected chi connectivity index (χ3v) is 3.45. The third-order valence-electron chi connectivity index (χ3n) is 2.92. The summed E-state index contributed by atoms with van der Waals surface area (Å²) in [4.78, 5) is 23.8. The standard InChI is InChI=1S/C16H15BrN2O3/c1-22-10-11-2-4-12(5-3-11)15(20)18-19-16(21)13-6-8-14(17)9-7-13/h2-9H,10H2,1H3,(H,18,20)(H,19,21). The van der Waals surface area contributed by atoms with Crippen LogP contribution in [0, 0.1) is 0 Å². The summed E-state index contributed by atoms with van der Waals surface area (Å²) in [6.07, 6.45) is 0. The van der Waals surface area contributed by atoms with E-state index in [1.807, 2.05) is 0 Å². The van der Waals surface area contributed by atoms with Crippen molar-refractivity contribution in [3.63, 3.8) is 0 Å². The molecule has 0 aliphatic heterocycles. The van der Waals surface area contributed by atoms with Gasteiger partial charge in [0.2, 0.25) is 0 Å². The monoisotopic (exact) mass is 362 g/mol. The first-order valence-electron chi connectivity index (χ1n) is 6.54. The van der Waals surface area contributed by atoms with E-state index in [0.717, 1.165) is 10.0 Å². The number of ether oxygens (including phenoxy) is 1. The zero-order chi connectivity index (χ0) is 15.9. The summed E-state index contributed by atoms with van der Waals surface area (Å²) in [7, 11) is 1.61. The fourth-order valence-corrected chi connectivity index (χ4v) is 2.04. The molecule has 0 aliphatic rings. The van der Waals surface area contributed by atoms with Crippen molar-refractivity contribution in [2.45, 2.75) is 6.61 Å². The quantitative estimate of drug-likeness (QED) is 0.821. The van der Waals surface area contributed by atoms with Crippen LogP contribution in [0.25, 0.3) is 0 Å². The average Bonchev–Trinajstić information content (AvgIpc) is 2.54. The number of carbonyl (C=O) groups is 2. The van der Waals surface area contributed by atoms with Gasteiger partial charge in [0, 0.05) is 22.7 Å². The van der Waals surface area contributed by atoms with Crippen molar-refractivity contribution in [3.05, 3.63) is 69.7 Å². The maximum Gasteiger partial charge on any atom is 0.269 e. The minimum absolute atomic E-state index is 0.378. The van der Waals surface area contributed by atoms with Gasteiger partial charge < -0.3 is 4.74 Å². The number of amides is 2. The summed E-state index contributed by atoms with van der Waals surface area (Å²) in [5.74, 6) is -0.758. The number of hydrazine groups is 1. The minimum Gasteiger partial charge on any atom is -0.380 e. The van der Waals surface area contributed by atoms with Gasteiger partial charge in [-0.1, -0.05) is 28.1 Å². The van der Waals surface area contributed by atoms with Crippen LogP contribution in [0.15, 0.2) is 53.0 Å². The number of carbonyl (C=O) groups excluding carboxylic acids is 2. The van der Waals surface area contributed by atoms with Crippen molar-refractivity contribution in [2.24, 2.45) is 0 Å². The predicted molar refractivity (Wildman–Crippen MR) is 86.2 cm³/mol. The maximum absolute atomic E-state index is 11.9. The highest BCUT2D eigenvalue weighted by atomic mass is 79.9. The van der Waals surface area contributed by atoms with Crippen LogP contribution in [0.5, 0.6) is 0 Å². The zero-order valence-corrected chi connectivity index (χ0v) is 13.5. The highest BCUT2D eigenvalue weighted by molar-refractivity contribution is 9.10. The Hall–Kier alpha value is -2.18. The minimum atomic E-state index is -0.380. The Bertz CT molecular complexity index is 654. The summed E-state index contributed by atoms with van der Waals surface area (Å²) in [6, 6.07) is 13.8. The Morgan fingerprint density at radius 2 is 1.36 bits per heavy atom. The van der Waals surface area contributed by atoms with Crippen LogP contribution in [0.4, 0.5) is 0 Å². The molecule has 0 aliphatic carbocycles. The molecule has 0 atom stereocenters. The van der Waals surface area contributed by atoms with Crippen molar-refractivity contribution in [1.29, 1.82) is 0 Å². The highest BCUT2D eigenvalue weighted by Gasteiger charge is 2.09. The lowest BCUT2D eigenvalue weighted by molar-refractivity contribution is 0.0846. The zero-order valence-electron chi connectivity index (χ0n) is 11.9. The molecule has 5 nitrogen and oxygen atoms in total. The van der Waals surface area contributed by atoms with Crippen LogP contribution in [0.3, 0.4) is 0 Å². The van der Waals surface area contributed by atoms with Crippen molar-refractivity contribution in [3.8, 4) is 0 Å². The fourth-order valence-electron chi connectivity index (χ4n) is 1.78. The lowest BCUT2D eigenvalue weighted by Gasteiger charge is -2.08. The number of methoxy groups -OCH3 is 1. The van der Waals surface area contributed by atoms with Gasteiger partial charge in [-0.05, 0) is 42.0 Å². The van der Waals surface area contributed by atoms with Crippen molar-refractivity contribution in [2.75, 3.05) is 7.11 Å². The summed E-state index contributed by atoms with van der Waals surface area (Å²) in [5, 5.41) is 0. The molecule has 2 aromatic carbocycles. The summed E-state index contributed by atoms with van der Waals surface area (Å²) >= 11 is 3.29. The molecule has 0 aromatic heterocycles. The Kier molecular flexibility index (Phi) is 5.68. The van der Waals surface area contributed by atoms with Crippen molar-refractivity contribution >= 4 is 27.7 Å². The van der Waals surface area contributed by atoms with Gasteiger partial charge >= 0.3 is 0 Å². The molecule has 114 valence electrons. The van der Waals surface area contributed by atoms with Crippen LogP contribution in [-0.4, -0.2) is 18.9 Å². The Labute approximate surface area is 136 Å². The molecule has 0 saturated heterocycles. The molecule has 22 heavy (non-hydrogen) atoms. The van der Waals surface area contributed by atoms with Crippen LogP contribution in [-0.2, 0) is 11.3 Å². The van der Waals surface area contributed by atoms with Gasteiger partial charge in [0.25, 0.3) is 11.8 Å². The third kappa shape index (κ3) is 4.41. The molecule has 2 aromatic rings. The van der Waals surface area contributed by atoms with E-state index in [-0.39, 0.29) is 11.8 Å². The van der Waals surface area contributed by atoms with E-state index >= 15 is 0 Å². The smallest absolute Gasteiger partial charge is 0.269 e. The Balaban J connectivity index is 1.91. The average molecular weight is 363 g/mol. The maximum atomic E-state index is 11.9. The molecule has 0 radical (unpaired) electrons. The Morgan fingerprint density at radius 1 is 0.909 bits per heavy atom. The lowest BCUT2D eigenvalue weighted by atomic mass is 10.1. The van der Waals surface area contributed by atoms with E-state index in [1.54, 1.807) is 55.6 Å².